The lowest BCUT2D eigenvalue weighted by molar-refractivity contribution is -0.131. The Bertz CT molecular complexity index is 744. The highest BCUT2D eigenvalue weighted by Gasteiger charge is 2.26. The van der Waals surface area contributed by atoms with E-state index in [0.717, 1.165) is 18.5 Å². The first-order valence-corrected chi connectivity index (χ1v) is 8.92. The van der Waals surface area contributed by atoms with Crippen molar-refractivity contribution >= 4 is 11.8 Å². The predicted octanol–water partition coefficient (Wildman–Crippen LogP) is 1.01. The van der Waals surface area contributed by atoms with Crippen molar-refractivity contribution in [2.24, 2.45) is 0 Å². The van der Waals surface area contributed by atoms with Gasteiger partial charge in [0.15, 0.2) is 0 Å². The average Bonchev–Trinajstić information content (AvgIpc) is 3.15. The molecule has 3 rings (SSSR count). The summed E-state index contributed by atoms with van der Waals surface area (Å²) >= 11 is 0. The third kappa shape index (κ3) is 4.49. The molecule has 0 spiro atoms. The fourth-order valence-electron chi connectivity index (χ4n) is 3.23. The normalized spacial score (nSPS) is 17.1. The zero-order chi connectivity index (χ0) is 18.4. The highest BCUT2D eigenvalue weighted by atomic mass is 16.3. The molecule has 1 aliphatic heterocycles. The van der Waals surface area contributed by atoms with E-state index in [4.69, 9.17) is 5.11 Å². The van der Waals surface area contributed by atoms with Gasteiger partial charge in [0.25, 0.3) is 5.91 Å². The van der Waals surface area contributed by atoms with Gasteiger partial charge in [-0.2, -0.15) is 5.10 Å². The van der Waals surface area contributed by atoms with Gasteiger partial charge in [0.05, 0.1) is 25.4 Å². The number of hydrogen-bond acceptors (Lipinski definition) is 4. The van der Waals surface area contributed by atoms with Crippen LogP contribution in [0.15, 0.2) is 42.6 Å². The molecule has 1 aliphatic rings. The summed E-state index contributed by atoms with van der Waals surface area (Å²) in [6, 6.07) is 10.8. The lowest BCUT2D eigenvalue weighted by Crippen LogP contribution is -2.44. The first-order valence-electron chi connectivity index (χ1n) is 8.92. The lowest BCUT2D eigenvalue weighted by atomic mass is 9.95. The number of hydrogen-bond donors (Lipinski definition) is 2. The maximum absolute atomic E-state index is 12.5. The van der Waals surface area contributed by atoms with Crippen molar-refractivity contribution in [1.29, 1.82) is 0 Å². The van der Waals surface area contributed by atoms with Crippen LogP contribution in [0.2, 0.25) is 0 Å². The number of likely N-dealkylation sites (tertiary alicyclic amines) is 1. The van der Waals surface area contributed by atoms with Gasteiger partial charge in [-0.05, 0) is 31.0 Å². The van der Waals surface area contributed by atoms with Gasteiger partial charge < -0.3 is 15.3 Å². The van der Waals surface area contributed by atoms with Crippen molar-refractivity contribution in [3.05, 3.63) is 53.9 Å². The Labute approximate surface area is 152 Å². The van der Waals surface area contributed by atoms with Crippen LogP contribution in [0.1, 0.15) is 34.8 Å². The minimum atomic E-state index is -0.241. The number of piperidine rings is 1. The summed E-state index contributed by atoms with van der Waals surface area (Å²) in [5.41, 5.74) is 1.50. The topological polar surface area (TPSA) is 87.5 Å². The standard InChI is InChI=1S/C19H24N4O3/c24-12-11-23-10-8-17(21-23)16-7-4-9-22(14-16)18(25)13-20-19(26)15-5-2-1-3-6-15/h1-3,5-6,8,10,16,24H,4,7,9,11-14H2,(H,20,26)/t16-/m0/s1. The molecule has 138 valence electrons. The van der Waals surface area contributed by atoms with Crippen molar-refractivity contribution in [3.63, 3.8) is 0 Å². The smallest absolute Gasteiger partial charge is 0.251 e. The molecular weight excluding hydrogens is 332 g/mol. The number of carbonyl (C=O) groups excluding carboxylic acids is 2. The van der Waals surface area contributed by atoms with E-state index in [-0.39, 0.29) is 30.9 Å². The molecule has 1 atom stereocenters. The second-order valence-electron chi connectivity index (χ2n) is 6.45. The van der Waals surface area contributed by atoms with Crippen LogP contribution in [0.3, 0.4) is 0 Å². The maximum Gasteiger partial charge on any atom is 0.251 e. The predicted molar refractivity (Wildman–Crippen MR) is 96.6 cm³/mol. The Hall–Kier alpha value is -2.67. The van der Waals surface area contributed by atoms with Gasteiger partial charge in [-0.3, -0.25) is 14.3 Å². The summed E-state index contributed by atoms with van der Waals surface area (Å²) in [5, 5.41) is 16.2. The highest BCUT2D eigenvalue weighted by Crippen LogP contribution is 2.25. The van der Waals surface area contributed by atoms with Crippen molar-refractivity contribution in [3.8, 4) is 0 Å². The Morgan fingerprint density at radius 2 is 2.04 bits per heavy atom. The molecule has 2 aromatic rings. The van der Waals surface area contributed by atoms with E-state index in [1.165, 1.54) is 0 Å². The number of benzene rings is 1. The number of carbonyl (C=O) groups is 2. The van der Waals surface area contributed by atoms with E-state index in [0.29, 0.717) is 25.2 Å². The number of aromatic nitrogens is 2. The molecule has 1 saturated heterocycles. The molecule has 1 aromatic heterocycles. The largest absolute Gasteiger partial charge is 0.394 e. The van der Waals surface area contributed by atoms with Crippen molar-refractivity contribution < 1.29 is 14.7 Å². The highest BCUT2D eigenvalue weighted by molar-refractivity contribution is 5.96. The third-order valence-electron chi connectivity index (χ3n) is 4.62. The summed E-state index contributed by atoms with van der Waals surface area (Å²) in [4.78, 5) is 26.3. The quantitative estimate of drug-likeness (QED) is 0.809. The summed E-state index contributed by atoms with van der Waals surface area (Å²) in [5.74, 6) is -0.124. The number of rotatable bonds is 6. The van der Waals surface area contributed by atoms with Gasteiger partial charge in [-0.1, -0.05) is 18.2 Å². The summed E-state index contributed by atoms with van der Waals surface area (Å²) in [7, 11) is 0. The van der Waals surface area contributed by atoms with E-state index in [1.807, 2.05) is 18.3 Å². The molecular formula is C19H24N4O3. The first kappa shape index (κ1) is 18.1. The van der Waals surface area contributed by atoms with Crippen molar-refractivity contribution in [2.45, 2.75) is 25.3 Å². The van der Waals surface area contributed by atoms with Crippen LogP contribution >= 0.6 is 0 Å². The number of aliphatic hydroxyl groups is 1. The molecule has 1 fully saturated rings. The van der Waals surface area contributed by atoms with Gasteiger partial charge in [0.2, 0.25) is 5.91 Å². The Morgan fingerprint density at radius 1 is 1.23 bits per heavy atom. The van der Waals surface area contributed by atoms with Crippen LogP contribution in [-0.4, -0.2) is 57.8 Å². The van der Waals surface area contributed by atoms with E-state index in [2.05, 4.69) is 10.4 Å². The Kier molecular flexibility index (Phi) is 6.01. The van der Waals surface area contributed by atoms with Crippen molar-refractivity contribution in [2.75, 3.05) is 26.2 Å². The summed E-state index contributed by atoms with van der Waals surface area (Å²) in [6.07, 6.45) is 3.75. The number of amides is 2. The van der Waals surface area contributed by atoms with Gasteiger partial charge >= 0.3 is 0 Å². The number of nitrogens with one attached hydrogen (secondary N) is 1. The number of nitrogens with zero attached hydrogens (tertiary/aromatic N) is 3. The minimum absolute atomic E-state index is 0.000595. The monoisotopic (exact) mass is 356 g/mol. The third-order valence-corrected chi connectivity index (χ3v) is 4.62. The van der Waals surface area contributed by atoms with Crippen LogP contribution in [0.4, 0.5) is 0 Å². The molecule has 0 aliphatic carbocycles. The second-order valence-corrected chi connectivity index (χ2v) is 6.45. The molecule has 0 radical (unpaired) electrons. The van der Waals surface area contributed by atoms with E-state index in [9.17, 15) is 9.59 Å². The zero-order valence-electron chi connectivity index (χ0n) is 14.7. The zero-order valence-corrected chi connectivity index (χ0v) is 14.7. The van der Waals surface area contributed by atoms with Gasteiger partial charge in [0.1, 0.15) is 0 Å². The SMILES string of the molecule is O=C(NCC(=O)N1CCC[C@H](c2ccn(CCO)n2)C1)c1ccccc1. The fourth-order valence-corrected chi connectivity index (χ4v) is 3.23. The average molecular weight is 356 g/mol. The minimum Gasteiger partial charge on any atom is -0.394 e. The molecule has 0 saturated carbocycles. The van der Waals surface area contributed by atoms with Crippen LogP contribution in [0.5, 0.6) is 0 Å². The van der Waals surface area contributed by atoms with Crippen LogP contribution in [-0.2, 0) is 11.3 Å². The van der Waals surface area contributed by atoms with Gasteiger partial charge in [-0.15, -0.1) is 0 Å². The Balaban J connectivity index is 1.53. The summed E-state index contributed by atoms with van der Waals surface area (Å²) < 4.78 is 1.72. The molecule has 1 aromatic carbocycles. The van der Waals surface area contributed by atoms with Crippen molar-refractivity contribution in [1.82, 2.24) is 20.0 Å². The van der Waals surface area contributed by atoms with Crippen LogP contribution < -0.4 is 5.32 Å². The molecule has 0 bridgehead atoms. The van der Waals surface area contributed by atoms with Crippen LogP contribution in [0, 0.1) is 0 Å². The number of aliphatic hydroxyl groups excluding tert-OH is 1. The molecule has 2 N–H and O–H groups in total. The lowest BCUT2D eigenvalue weighted by Gasteiger charge is -2.32. The maximum atomic E-state index is 12.5. The molecule has 7 heteroatoms. The van der Waals surface area contributed by atoms with Gasteiger partial charge in [0, 0.05) is 30.8 Å². The molecule has 0 unspecified atom stereocenters. The molecule has 26 heavy (non-hydrogen) atoms. The molecule has 2 amide bonds. The Morgan fingerprint density at radius 3 is 2.81 bits per heavy atom. The molecule has 7 nitrogen and oxygen atoms in total. The molecule has 2 heterocycles. The van der Waals surface area contributed by atoms with E-state index < -0.39 is 0 Å². The van der Waals surface area contributed by atoms with Gasteiger partial charge in [-0.25, -0.2) is 0 Å². The second kappa shape index (κ2) is 8.62. The van der Waals surface area contributed by atoms with Crippen LogP contribution in [0.25, 0.3) is 0 Å². The van der Waals surface area contributed by atoms with E-state index in [1.54, 1.807) is 33.8 Å². The van der Waals surface area contributed by atoms with E-state index >= 15 is 0 Å². The summed E-state index contributed by atoms with van der Waals surface area (Å²) in [6.45, 7) is 1.84. The fraction of sp³-hybridized carbons (Fsp3) is 0.421. The first-order chi connectivity index (χ1) is 12.7.